The van der Waals surface area contributed by atoms with E-state index in [2.05, 4.69) is 10.6 Å². The minimum absolute atomic E-state index is 0.0518. The lowest BCUT2D eigenvalue weighted by atomic mass is 9.93. The van der Waals surface area contributed by atoms with Crippen LogP contribution in [0.3, 0.4) is 0 Å². The Hall–Kier alpha value is -9.57. The van der Waals surface area contributed by atoms with E-state index < -0.39 is 94.8 Å². The quantitative estimate of drug-likeness (QED) is 0.0272. The number of carbonyl (C=O) groups excluding carboxylic acids is 5. The van der Waals surface area contributed by atoms with E-state index >= 15 is 0 Å². The molecular formula is C84H92F6N6O8. The molecule has 1 saturated heterocycles. The van der Waals surface area contributed by atoms with E-state index in [0.717, 1.165) is 83.0 Å². The Labute approximate surface area is 605 Å². The summed E-state index contributed by atoms with van der Waals surface area (Å²) in [6, 6.07) is 50.6. The monoisotopic (exact) mass is 1430 g/mol. The average Bonchev–Trinajstić information content (AvgIpc) is 1.60. The van der Waals surface area contributed by atoms with E-state index in [9.17, 15) is 60.5 Å². The molecule has 1 aliphatic carbocycles. The van der Waals surface area contributed by atoms with Gasteiger partial charge in [0.1, 0.15) is 46.8 Å². The van der Waals surface area contributed by atoms with Gasteiger partial charge < -0.3 is 35.3 Å². The summed E-state index contributed by atoms with van der Waals surface area (Å²) in [5, 5.41) is 29.4. The number of benzene rings is 8. The van der Waals surface area contributed by atoms with Gasteiger partial charge in [-0.2, -0.15) is 0 Å². The minimum Gasteiger partial charge on any atom is -0.443 e. The van der Waals surface area contributed by atoms with E-state index in [0.29, 0.717) is 78.9 Å². The van der Waals surface area contributed by atoms with Gasteiger partial charge in [0.25, 0.3) is 17.7 Å². The zero-order valence-electron chi connectivity index (χ0n) is 59.5. The number of nitrogens with zero attached hydrogens (tertiary/aromatic N) is 4. The second-order valence-electron chi connectivity index (χ2n) is 28.0. The first-order valence-electron chi connectivity index (χ1n) is 35.3. The molecule has 11 rings (SSSR count). The maximum atomic E-state index is 14.2. The summed E-state index contributed by atoms with van der Waals surface area (Å²) < 4.78 is 88.7. The van der Waals surface area contributed by atoms with Crippen LogP contribution in [0.2, 0.25) is 0 Å². The largest absolute Gasteiger partial charge is 0.443 e. The van der Waals surface area contributed by atoms with Crippen molar-refractivity contribution in [3.63, 3.8) is 0 Å². The van der Waals surface area contributed by atoms with Crippen molar-refractivity contribution >= 4 is 30.1 Å². The molecule has 104 heavy (non-hydrogen) atoms. The Morgan fingerprint density at radius 3 is 1.43 bits per heavy atom. The fourth-order valence-corrected chi connectivity index (χ4v) is 13.6. The van der Waals surface area contributed by atoms with Crippen LogP contribution in [0, 0.1) is 53.7 Å². The van der Waals surface area contributed by atoms with Crippen LogP contribution in [0.5, 0.6) is 0 Å². The number of rotatable bonds is 28. The van der Waals surface area contributed by atoms with Gasteiger partial charge in [-0.15, -0.1) is 0 Å². The molecule has 2 heterocycles. The predicted octanol–water partition coefficient (Wildman–Crippen LogP) is 14.3. The van der Waals surface area contributed by atoms with Crippen molar-refractivity contribution in [2.24, 2.45) is 11.8 Å². The van der Waals surface area contributed by atoms with E-state index in [4.69, 9.17) is 4.74 Å². The van der Waals surface area contributed by atoms with Crippen LogP contribution in [0.25, 0.3) is 0 Å². The van der Waals surface area contributed by atoms with E-state index in [1.54, 1.807) is 43.9 Å². The number of hydrogen-bond acceptors (Lipinski definition) is 11. The molecule has 20 heteroatoms. The number of aliphatic hydroxyl groups is 2. The van der Waals surface area contributed by atoms with Gasteiger partial charge in [0.05, 0.1) is 30.3 Å². The lowest BCUT2D eigenvalue weighted by molar-refractivity contribution is -0.128. The van der Waals surface area contributed by atoms with Gasteiger partial charge in [0.2, 0.25) is 0 Å². The van der Waals surface area contributed by atoms with Crippen LogP contribution in [0.1, 0.15) is 119 Å². The molecule has 0 bridgehead atoms. The number of amides is 4. The highest BCUT2D eigenvalue weighted by molar-refractivity contribution is 6.02. The summed E-state index contributed by atoms with van der Waals surface area (Å²) in [6.07, 6.45) is 3.49. The molecule has 0 radical (unpaired) electrons. The molecule has 3 aliphatic rings. The van der Waals surface area contributed by atoms with Crippen molar-refractivity contribution in [3.05, 3.63) is 297 Å². The number of halogens is 6. The molecule has 1 saturated carbocycles. The van der Waals surface area contributed by atoms with E-state index in [-0.39, 0.29) is 31.2 Å². The molecule has 548 valence electrons. The fraction of sp³-hybridized carbons (Fsp3) is 0.345. The normalized spacial score (nSPS) is 17.3. The Kier molecular flexibility index (Phi) is 28.1. The molecule has 0 spiro atoms. The molecule has 0 unspecified atom stereocenters. The van der Waals surface area contributed by atoms with Gasteiger partial charge >= 0.3 is 6.09 Å². The van der Waals surface area contributed by atoms with Crippen LogP contribution in [0.15, 0.2) is 206 Å². The zero-order chi connectivity index (χ0) is 74.6. The van der Waals surface area contributed by atoms with Crippen molar-refractivity contribution in [1.82, 2.24) is 30.2 Å². The van der Waals surface area contributed by atoms with Crippen molar-refractivity contribution < 1.29 is 65.3 Å². The lowest BCUT2D eigenvalue weighted by Crippen LogP contribution is -2.55. The Balaban J connectivity index is 0.000000184. The third-order valence-corrected chi connectivity index (χ3v) is 18.4. The molecule has 8 aromatic carbocycles. The Morgan fingerprint density at radius 2 is 1.02 bits per heavy atom. The van der Waals surface area contributed by atoms with Crippen LogP contribution in [-0.2, 0) is 59.8 Å². The summed E-state index contributed by atoms with van der Waals surface area (Å²) in [6.45, 7) is 14.9. The molecular weight excluding hydrogens is 1330 g/mol. The molecule has 8 aromatic rings. The second-order valence-corrected chi connectivity index (χ2v) is 28.0. The second kappa shape index (κ2) is 37.2. The van der Waals surface area contributed by atoms with Gasteiger partial charge in [-0.3, -0.25) is 24.2 Å². The van der Waals surface area contributed by atoms with Crippen molar-refractivity contribution in [3.8, 4) is 0 Å². The van der Waals surface area contributed by atoms with Gasteiger partial charge in [0.15, 0.2) is 0 Å². The van der Waals surface area contributed by atoms with Gasteiger partial charge in [-0.05, 0) is 184 Å². The highest BCUT2D eigenvalue weighted by Crippen LogP contribution is 2.46. The third-order valence-electron chi connectivity index (χ3n) is 18.4. The lowest BCUT2D eigenvalue weighted by Gasteiger charge is -2.39. The summed E-state index contributed by atoms with van der Waals surface area (Å²) in [4.78, 5) is 71.0. The topological polar surface area (TPSA) is 172 Å². The number of imide groups is 1. The van der Waals surface area contributed by atoms with Gasteiger partial charge in [-0.1, -0.05) is 141 Å². The number of hydrogen-bond donors (Lipinski definition) is 4. The number of aldehydes is 1. The van der Waals surface area contributed by atoms with Crippen LogP contribution < -0.4 is 10.6 Å². The zero-order valence-corrected chi connectivity index (χ0v) is 59.5. The Bertz CT molecular complexity index is 4040. The standard InChI is InChI=1S/C32H34F2N2O4.C29H37F2N3O3.C23H21F2NO/c1-32(2,3)40-31(39)36-27(14-15-29(36)37)30(38)28(18-24-16-25(33)19-26(34)17-24)35(20-22-10-6-4-7-11-22)21-23-12-8-5-9-13-23;1-4-6-34(7-5-2)29(37)20-9-17(3)8-19(13-20)28(36)33-25(12-18-10-22(30)15-23(31)11-18)27(35)26-24-14-21(24)16-32-26;24-21-11-20(12-22(25)14-21)13-23(17-27)26(15-18-7-3-1-4-8-18)16-19-9-5-2-6-10-19/h4-17,19,27-28,30,38H,18,20-21H2,1-3H3;8-11,13,15,21,24-27,32,35H,4-7,12,14,16H2,1-3H3,(H,33,36);1-12,14,17,23H,13,15-16H2/t27-,28+,30-;21-,24-,25+,26-,27+;23-/m110/s1. The highest BCUT2D eigenvalue weighted by Gasteiger charge is 2.52. The summed E-state index contributed by atoms with van der Waals surface area (Å²) in [7, 11) is 0. The SMILES string of the molecule is CC(C)(C)OC(=O)N1C(=O)C=C[C@@H]1[C@@H](O)[C@H](Cc1cc(F)cc(F)c1)N(Cc1ccccc1)Cc1ccccc1.CCCN(CCC)C(=O)c1cc(C)cc(C(=O)N[C@@H](Cc2cc(F)cc(F)c2)[C@H](O)[C@@H]2NC[C@H]3C[C@H]32)c1.O=C[C@H](Cc1cc(F)cc(F)c1)N(Cc1ccccc1)Cc1ccccc1. The van der Waals surface area contributed by atoms with Crippen LogP contribution in [-0.4, -0.2) is 128 Å². The maximum absolute atomic E-state index is 14.2. The molecule has 2 fully saturated rings. The number of fused-ring (bicyclic) bond motifs is 1. The molecule has 2 aliphatic heterocycles. The number of nitrogens with one attached hydrogen (secondary N) is 2. The predicted molar refractivity (Wildman–Crippen MR) is 388 cm³/mol. The van der Waals surface area contributed by atoms with Crippen molar-refractivity contribution in [2.75, 3.05) is 19.6 Å². The van der Waals surface area contributed by atoms with Crippen molar-refractivity contribution in [1.29, 1.82) is 0 Å². The molecule has 9 atom stereocenters. The molecule has 4 N–H and O–H groups in total. The Morgan fingerprint density at radius 1 is 0.587 bits per heavy atom. The minimum atomic E-state index is -1.31. The van der Waals surface area contributed by atoms with Crippen LogP contribution >= 0.6 is 0 Å². The number of carbonyl (C=O) groups is 5. The number of ether oxygens (including phenoxy) is 1. The van der Waals surface area contributed by atoms with Gasteiger partial charge in [0, 0.05) is 86.8 Å². The smallest absolute Gasteiger partial charge is 0.417 e. The maximum Gasteiger partial charge on any atom is 0.417 e. The summed E-state index contributed by atoms with van der Waals surface area (Å²) in [5.74, 6) is -4.44. The number of piperidine rings is 1. The number of aryl methyl sites for hydroxylation is 1. The highest BCUT2D eigenvalue weighted by atomic mass is 19.2. The van der Waals surface area contributed by atoms with E-state index in [1.807, 2.05) is 152 Å². The van der Waals surface area contributed by atoms with Crippen molar-refractivity contribution in [2.45, 2.75) is 154 Å². The molecule has 0 aromatic heterocycles. The third kappa shape index (κ3) is 23.0. The average molecular weight is 1430 g/mol. The summed E-state index contributed by atoms with van der Waals surface area (Å²) in [5.41, 5.74) is 5.88. The van der Waals surface area contributed by atoms with Gasteiger partial charge in [-0.25, -0.2) is 36.0 Å². The van der Waals surface area contributed by atoms with Crippen LogP contribution in [0.4, 0.5) is 31.1 Å². The van der Waals surface area contributed by atoms with E-state index in [1.165, 1.54) is 48.6 Å². The number of aliphatic hydroxyl groups excluding tert-OH is 2. The molecule has 4 amide bonds. The summed E-state index contributed by atoms with van der Waals surface area (Å²) >= 11 is 0. The molecule has 14 nitrogen and oxygen atoms in total. The fourth-order valence-electron chi connectivity index (χ4n) is 13.6. The first-order valence-corrected chi connectivity index (χ1v) is 35.3. The first-order chi connectivity index (χ1) is 49.8. The first kappa shape index (κ1) is 78.6.